The van der Waals surface area contributed by atoms with E-state index >= 15 is 0 Å². The molecule has 2 N–H and O–H groups in total. The Hall–Kier alpha value is -2.62. The summed E-state index contributed by atoms with van der Waals surface area (Å²) in [6.45, 7) is 6.65. The second kappa shape index (κ2) is 8.59. The molecule has 4 rings (SSSR count). The molecule has 4 heteroatoms. The molecule has 0 unspecified atom stereocenters. The highest BCUT2D eigenvalue weighted by Crippen LogP contribution is 2.40. The van der Waals surface area contributed by atoms with E-state index in [1.807, 2.05) is 0 Å². The van der Waals surface area contributed by atoms with Crippen molar-refractivity contribution in [1.82, 2.24) is 10.2 Å². The van der Waals surface area contributed by atoms with Crippen LogP contribution in [-0.4, -0.2) is 18.0 Å². The summed E-state index contributed by atoms with van der Waals surface area (Å²) >= 11 is 0. The van der Waals surface area contributed by atoms with Crippen molar-refractivity contribution in [2.24, 2.45) is 0 Å². The number of nitrogens with one attached hydrogen (secondary N) is 2. The maximum absolute atomic E-state index is 3.70. The van der Waals surface area contributed by atoms with E-state index in [4.69, 9.17) is 0 Å². The molecule has 148 valence electrons. The second-order valence-electron chi connectivity index (χ2n) is 7.76. The Morgan fingerprint density at radius 1 is 1.00 bits per heavy atom. The molecule has 28 heavy (non-hydrogen) atoms. The lowest BCUT2D eigenvalue weighted by molar-refractivity contribution is 0.443. The minimum atomic E-state index is 0.988. The van der Waals surface area contributed by atoms with Gasteiger partial charge in [-0.05, 0) is 42.5 Å². The summed E-state index contributed by atoms with van der Waals surface area (Å²) in [6.07, 6.45) is 15.7. The third-order valence-corrected chi connectivity index (χ3v) is 5.69. The van der Waals surface area contributed by atoms with E-state index < -0.39 is 0 Å². The molecule has 4 nitrogen and oxygen atoms in total. The summed E-state index contributed by atoms with van der Waals surface area (Å²) in [5.74, 6) is 2.54. The molecule has 0 bridgehead atoms. The van der Waals surface area contributed by atoms with Crippen molar-refractivity contribution < 1.29 is 0 Å². The molecule has 0 spiro atoms. The van der Waals surface area contributed by atoms with Gasteiger partial charge in [-0.2, -0.15) is 0 Å². The van der Waals surface area contributed by atoms with Crippen molar-refractivity contribution in [3.05, 3.63) is 71.6 Å². The number of benzene rings is 1. The average molecular weight is 377 g/mol. The summed E-state index contributed by atoms with van der Waals surface area (Å²) in [4.78, 5) is 4.85. The van der Waals surface area contributed by atoms with E-state index in [9.17, 15) is 0 Å². The van der Waals surface area contributed by atoms with E-state index in [1.165, 1.54) is 59.8 Å². The minimum Gasteiger partial charge on any atom is -0.347 e. The number of rotatable bonds is 6. The fraction of sp³-hybridized carbons (Fsp3) is 0.417. The number of fused-ring (bicyclic) bond motifs is 1. The molecule has 0 atom stereocenters. The van der Waals surface area contributed by atoms with Gasteiger partial charge >= 0.3 is 0 Å². The molecule has 2 aliphatic heterocycles. The largest absolute Gasteiger partial charge is 0.347 e. The van der Waals surface area contributed by atoms with Crippen LogP contribution >= 0.6 is 0 Å². The maximum Gasteiger partial charge on any atom is 0.114 e. The summed E-state index contributed by atoms with van der Waals surface area (Å²) in [5, 5.41) is 7.20. The van der Waals surface area contributed by atoms with E-state index in [-0.39, 0.29) is 0 Å². The number of anilines is 2. The molecule has 0 radical (unpaired) electrons. The molecule has 0 saturated carbocycles. The van der Waals surface area contributed by atoms with E-state index in [1.54, 1.807) is 0 Å². The van der Waals surface area contributed by atoms with Gasteiger partial charge in [0.1, 0.15) is 11.6 Å². The van der Waals surface area contributed by atoms with Crippen LogP contribution in [0.5, 0.6) is 0 Å². The molecule has 0 saturated heterocycles. The van der Waals surface area contributed by atoms with Gasteiger partial charge in [0, 0.05) is 31.9 Å². The Labute approximate surface area is 169 Å². The van der Waals surface area contributed by atoms with Gasteiger partial charge in [0.05, 0.1) is 11.4 Å². The van der Waals surface area contributed by atoms with E-state index in [0.717, 1.165) is 25.9 Å². The Bertz CT molecular complexity index is 831. The van der Waals surface area contributed by atoms with Crippen molar-refractivity contribution >= 4 is 11.4 Å². The predicted octanol–water partition coefficient (Wildman–Crippen LogP) is 5.67. The van der Waals surface area contributed by atoms with Gasteiger partial charge in [-0.15, -0.1) is 0 Å². The molecule has 0 amide bonds. The molecule has 2 heterocycles. The molecule has 1 aromatic carbocycles. The Balaban J connectivity index is 1.63. The molecule has 1 aliphatic carbocycles. The lowest BCUT2D eigenvalue weighted by Crippen LogP contribution is -2.25. The van der Waals surface area contributed by atoms with Gasteiger partial charge in [-0.25, -0.2) is 0 Å². The van der Waals surface area contributed by atoms with Gasteiger partial charge < -0.3 is 20.4 Å². The summed E-state index contributed by atoms with van der Waals surface area (Å²) in [5.41, 5.74) is 5.38. The topological polar surface area (TPSA) is 30.5 Å². The molecule has 3 aliphatic rings. The van der Waals surface area contributed by atoms with Crippen LogP contribution < -0.4 is 15.5 Å². The number of hydrogen-bond acceptors (Lipinski definition) is 4. The standard InChI is InChI=1S/C24H32N4/c1-3-5-15-27-17-14-25-23(27)19-10-9-11-20(18-19)24-26-21-12-7-8-13-22(21)28(24)16-6-4-2/h7-9,11-14,17,25-26H,3-6,10,15-16,18H2,1-2H3. The first-order valence-corrected chi connectivity index (χ1v) is 10.8. The van der Waals surface area contributed by atoms with Crippen molar-refractivity contribution in [2.75, 3.05) is 23.3 Å². The zero-order chi connectivity index (χ0) is 19.3. The molecule has 0 fully saturated rings. The van der Waals surface area contributed by atoms with Crippen molar-refractivity contribution in [3.63, 3.8) is 0 Å². The SMILES string of the molecule is CCCCN1C=CNC1=C1CC=CC(=C2Nc3ccccc3N2CCCC)C1. The van der Waals surface area contributed by atoms with Gasteiger partial charge in [0.15, 0.2) is 0 Å². The Kier molecular flexibility index (Phi) is 5.75. The van der Waals surface area contributed by atoms with Gasteiger partial charge in [0.25, 0.3) is 0 Å². The highest BCUT2D eigenvalue weighted by molar-refractivity contribution is 5.81. The summed E-state index contributed by atoms with van der Waals surface area (Å²) < 4.78 is 0. The Morgan fingerprint density at radius 3 is 2.68 bits per heavy atom. The molecular formula is C24H32N4. The van der Waals surface area contributed by atoms with Crippen LogP contribution in [0.1, 0.15) is 52.4 Å². The van der Waals surface area contributed by atoms with Crippen molar-refractivity contribution in [3.8, 4) is 0 Å². The monoisotopic (exact) mass is 376 g/mol. The van der Waals surface area contributed by atoms with Crippen LogP contribution in [0.4, 0.5) is 11.4 Å². The first-order chi connectivity index (χ1) is 13.8. The van der Waals surface area contributed by atoms with Crippen molar-refractivity contribution in [2.45, 2.75) is 52.4 Å². The van der Waals surface area contributed by atoms with Crippen LogP contribution in [0.25, 0.3) is 0 Å². The highest BCUT2D eigenvalue weighted by atomic mass is 15.3. The highest BCUT2D eigenvalue weighted by Gasteiger charge is 2.27. The lowest BCUT2D eigenvalue weighted by Gasteiger charge is -2.26. The van der Waals surface area contributed by atoms with Crippen LogP contribution in [0.3, 0.4) is 0 Å². The number of nitrogens with zero attached hydrogens (tertiary/aromatic N) is 2. The van der Waals surface area contributed by atoms with Crippen LogP contribution in [-0.2, 0) is 0 Å². The molecular weight excluding hydrogens is 344 g/mol. The van der Waals surface area contributed by atoms with Gasteiger partial charge in [0.2, 0.25) is 0 Å². The number of hydrogen-bond donors (Lipinski definition) is 2. The van der Waals surface area contributed by atoms with Crippen LogP contribution in [0, 0.1) is 0 Å². The lowest BCUT2D eigenvalue weighted by atomic mass is 9.95. The van der Waals surface area contributed by atoms with E-state index in [0.29, 0.717) is 0 Å². The number of allylic oxidation sites excluding steroid dienone is 4. The first-order valence-electron chi connectivity index (χ1n) is 10.8. The first kappa shape index (κ1) is 18.7. The zero-order valence-electron chi connectivity index (χ0n) is 17.2. The zero-order valence-corrected chi connectivity index (χ0v) is 17.2. The molecule has 1 aromatic rings. The second-order valence-corrected chi connectivity index (χ2v) is 7.76. The maximum atomic E-state index is 3.70. The van der Waals surface area contributed by atoms with Crippen molar-refractivity contribution in [1.29, 1.82) is 0 Å². The van der Waals surface area contributed by atoms with E-state index in [2.05, 4.69) is 83.1 Å². The summed E-state index contributed by atoms with van der Waals surface area (Å²) in [7, 11) is 0. The predicted molar refractivity (Wildman–Crippen MR) is 119 cm³/mol. The molecule has 0 aromatic heterocycles. The fourth-order valence-corrected chi connectivity index (χ4v) is 4.16. The summed E-state index contributed by atoms with van der Waals surface area (Å²) in [6, 6.07) is 8.66. The van der Waals surface area contributed by atoms with Crippen LogP contribution in [0.2, 0.25) is 0 Å². The third-order valence-electron chi connectivity index (χ3n) is 5.69. The number of unbranched alkanes of at least 4 members (excludes halogenated alkanes) is 2. The van der Waals surface area contributed by atoms with Crippen LogP contribution in [0.15, 0.2) is 71.6 Å². The minimum absolute atomic E-state index is 0.988. The number of para-hydroxylation sites is 2. The fourth-order valence-electron chi connectivity index (χ4n) is 4.16. The van der Waals surface area contributed by atoms with Gasteiger partial charge in [-0.1, -0.05) is 51.0 Å². The average Bonchev–Trinajstić information content (AvgIpc) is 3.35. The normalized spacial score (nSPS) is 23.2. The smallest absolute Gasteiger partial charge is 0.114 e. The third kappa shape index (κ3) is 3.68. The quantitative estimate of drug-likeness (QED) is 0.670. The van der Waals surface area contributed by atoms with Gasteiger partial charge in [-0.3, -0.25) is 0 Å². The Morgan fingerprint density at radius 2 is 1.82 bits per heavy atom.